The van der Waals surface area contributed by atoms with E-state index in [-0.39, 0.29) is 12.5 Å². The Bertz CT molecular complexity index is 189. The van der Waals surface area contributed by atoms with Gasteiger partial charge in [0.15, 0.2) is 0 Å². The standard InChI is InChI=1S/C11H22N2O2/c1-2-7-15-8-11(14)13-10-5-3-9(12)4-6-10/h9-10H,2-8,12H2,1H3,(H,13,14). The van der Waals surface area contributed by atoms with Gasteiger partial charge in [-0.15, -0.1) is 0 Å². The largest absolute Gasteiger partial charge is 0.372 e. The molecule has 0 spiro atoms. The van der Waals surface area contributed by atoms with Gasteiger partial charge in [-0.1, -0.05) is 6.92 Å². The minimum atomic E-state index is 0.00363. The summed E-state index contributed by atoms with van der Waals surface area (Å²) in [4.78, 5) is 11.4. The molecule has 0 atom stereocenters. The van der Waals surface area contributed by atoms with Gasteiger partial charge in [-0.2, -0.15) is 0 Å². The van der Waals surface area contributed by atoms with Crippen LogP contribution in [0, 0.1) is 0 Å². The average molecular weight is 214 g/mol. The van der Waals surface area contributed by atoms with Gasteiger partial charge in [0.25, 0.3) is 0 Å². The summed E-state index contributed by atoms with van der Waals surface area (Å²) in [5.41, 5.74) is 5.79. The van der Waals surface area contributed by atoms with E-state index < -0.39 is 0 Å². The van der Waals surface area contributed by atoms with E-state index in [0.29, 0.717) is 18.7 Å². The Hall–Kier alpha value is -0.610. The molecule has 0 radical (unpaired) electrons. The van der Waals surface area contributed by atoms with Crippen LogP contribution in [0.25, 0.3) is 0 Å². The number of carbonyl (C=O) groups is 1. The number of nitrogens with two attached hydrogens (primary N) is 1. The fourth-order valence-electron chi connectivity index (χ4n) is 1.84. The summed E-state index contributed by atoms with van der Waals surface area (Å²) < 4.78 is 5.17. The topological polar surface area (TPSA) is 64.3 Å². The van der Waals surface area contributed by atoms with E-state index in [2.05, 4.69) is 5.32 Å². The Labute approximate surface area is 91.5 Å². The second-order valence-electron chi connectivity index (χ2n) is 4.23. The van der Waals surface area contributed by atoms with Crippen LogP contribution in [0.1, 0.15) is 39.0 Å². The predicted molar refractivity (Wildman–Crippen MR) is 59.5 cm³/mol. The molecule has 0 bridgehead atoms. The smallest absolute Gasteiger partial charge is 0.246 e. The second kappa shape index (κ2) is 6.80. The van der Waals surface area contributed by atoms with Crippen molar-refractivity contribution in [3.05, 3.63) is 0 Å². The number of amides is 1. The third kappa shape index (κ3) is 5.14. The normalized spacial score (nSPS) is 26.3. The zero-order chi connectivity index (χ0) is 11.1. The van der Waals surface area contributed by atoms with Crippen LogP contribution in [0.15, 0.2) is 0 Å². The summed E-state index contributed by atoms with van der Waals surface area (Å²) in [6, 6.07) is 0.636. The molecule has 0 aromatic carbocycles. The molecule has 0 aromatic heterocycles. The first-order valence-corrected chi connectivity index (χ1v) is 5.85. The van der Waals surface area contributed by atoms with Crippen molar-refractivity contribution < 1.29 is 9.53 Å². The number of carbonyl (C=O) groups excluding carboxylic acids is 1. The van der Waals surface area contributed by atoms with E-state index in [1.807, 2.05) is 6.92 Å². The highest BCUT2D eigenvalue weighted by Gasteiger charge is 2.19. The van der Waals surface area contributed by atoms with Crippen molar-refractivity contribution in [2.24, 2.45) is 5.73 Å². The minimum absolute atomic E-state index is 0.00363. The van der Waals surface area contributed by atoms with E-state index in [0.717, 1.165) is 32.1 Å². The van der Waals surface area contributed by atoms with Crippen molar-refractivity contribution in [1.82, 2.24) is 5.32 Å². The summed E-state index contributed by atoms with van der Waals surface area (Å²) >= 11 is 0. The van der Waals surface area contributed by atoms with Crippen LogP contribution in [0.2, 0.25) is 0 Å². The van der Waals surface area contributed by atoms with E-state index in [1.165, 1.54) is 0 Å². The number of hydrogen-bond donors (Lipinski definition) is 2. The zero-order valence-electron chi connectivity index (χ0n) is 9.50. The molecule has 1 amide bonds. The lowest BCUT2D eigenvalue weighted by molar-refractivity contribution is -0.126. The van der Waals surface area contributed by atoms with Crippen LogP contribution in [0.4, 0.5) is 0 Å². The van der Waals surface area contributed by atoms with E-state index in [4.69, 9.17) is 10.5 Å². The number of rotatable bonds is 5. The Balaban J connectivity index is 2.09. The van der Waals surface area contributed by atoms with Crippen LogP contribution < -0.4 is 11.1 Å². The van der Waals surface area contributed by atoms with Crippen LogP contribution in [-0.2, 0) is 9.53 Å². The number of hydrogen-bond acceptors (Lipinski definition) is 3. The molecule has 1 saturated carbocycles. The molecule has 15 heavy (non-hydrogen) atoms. The van der Waals surface area contributed by atoms with Crippen LogP contribution in [-0.4, -0.2) is 31.2 Å². The summed E-state index contributed by atoms with van der Waals surface area (Å²) in [6.07, 6.45) is 4.98. The van der Waals surface area contributed by atoms with Crippen LogP contribution in [0.3, 0.4) is 0 Å². The van der Waals surface area contributed by atoms with Gasteiger partial charge in [0.2, 0.25) is 5.91 Å². The molecular formula is C11H22N2O2. The van der Waals surface area contributed by atoms with Gasteiger partial charge in [-0.05, 0) is 32.1 Å². The maximum Gasteiger partial charge on any atom is 0.246 e. The zero-order valence-corrected chi connectivity index (χ0v) is 9.50. The Morgan fingerprint density at radius 1 is 1.40 bits per heavy atom. The molecule has 4 heteroatoms. The van der Waals surface area contributed by atoms with E-state index in [9.17, 15) is 4.79 Å². The molecule has 0 aliphatic heterocycles. The van der Waals surface area contributed by atoms with Crippen molar-refractivity contribution in [1.29, 1.82) is 0 Å². The average Bonchev–Trinajstić information content (AvgIpc) is 2.22. The van der Waals surface area contributed by atoms with Crippen LogP contribution in [0.5, 0.6) is 0 Å². The summed E-state index contributed by atoms with van der Waals surface area (Å²) in [5.74, 6) is 0.00363. The van der Waals surface area contributed by atoms with Gasteiger partial charge < -0.3 is 15.8 Å². The van der Waals surface area contributed by atoms with Crippen molar-refractivity contribution in [2.75, 3.05) is 13.2 Å². The van der Waals surface area contributed by atoms with Crippen LogP contribution >= 0.6 is 0 Å². The molecule has 0 unspecified atom stereocenters. The van der Waals surface area contributed by atoms with Gasteiger partial charge in [-0.25, -0.2) is 0 Å². The first kappa shape index (κ1) is 12.5. The fraction of sp³-hybridized carbons (Fsp3) is 0.909. The van der Waals surface area contributed by atoms with Crippen molar-refractivity contribution in [2.45, 2.75) is 51.1 Å². The van der Waals surface area contributed by atoms with Gasteiger partial charge in [0.1, 0.15) is 6.61 Å². The summed E-state index contributed by atoms with van der Waals surface area (Å²) in [6.45, 7) is 2.87. The number of nitrogens with one attached hydrogen (secondary N) is 1. The molecule has 1 rings (SSSR count). The Morgan fingerprint density at radius 2 is 2.07 bits per heavy atom. The monoisotopic (exact) mass is 214 g/mol. The molecule has 1 aliphatic rings. The lowest BCUT2D eigenvalue weighted by atomic mass is 9.92. The Kier molecular flexibility index (Phi) is 5.65. The highest BCUT2D eigenvalue weighted by Crippen LogP contribution is 2.16. The van der Waals surface area contributed by atoms with E-state index in [1.54, 1.807) is 0 Å². The molecule has 1 fully saturated rings. The molecule has 4 nitrogen and oxygen atoms in total. The van der Waals surface area contributed by atoms with Gasteiger partial charge >= 0.3 is 0 Å². The van der Waals surface area contributed by atoms with Crippen molar-refractivity contribution in [3.8, 4) is 0 Å². The van der Waals surface area contributed by atoms with Crippen molar-refractivity contribution in [3.63, 3.8) is 0 Å². The molecule has 0 heterocycles. The molecule has 3 N–H and O–H groups in total. The first-order valence-electron chi connectivity index (χ1n) is 5.85. The maximum atomic E-state index is 11.4. The molecule has 88 valence electrons. The third-order valence-electron chi connectivity index (χ3n) is 2.72. The predicted octanol–water partition coefficient (Wildman–Crippen LogP) is 0.799. The van der Waals surface area contributed by atoms with E-state index >= 15 is 0 Å². The Morgan fingerprint density at radius 3 is 2.67 bits per heavy atom. The second-order valence-corrected chi connectivity index (χ2v) is 4.23. The SMILES string of the molecule is CCCOCC(=O)NC1CCC(N)CC1. The van der Waals surface area contributed by atoms with Crippen molar-refractivity contribution >= 4 is 5.91 Å². The first-order chi connectivity index (χ1) is 7.22. The highest BCUT2D eigenvalue weighted by molar-refractivity contribution is 5.77. The fourth-order valence-corrected chi connectivity index (χ4v) is 1.84. The van der Waals surface area contributed by atoms with Gasteiger partial charge in [0, 0.05) is 18.7 Å². The lowest BCUT2D eigenvalue weighted by Gasteiger charge is -2.26. The third-order valence-corrected chi connectivity index (χ3v) is 2.72. The molecular weight excluding hydrogens is 192 g/mol. The summed E-state index contributed by atoms with van der Waals surface area (Å²) in [7, 11) is 0. The minimum Gasteiger partial charge on any atom is -0.372 e. The number of ether oxygens (including phenoxy) is 1. The summed E-state index contributed by atoms with van der Waals surface area (Å²) in [5, 5.41) is 2.98. The maximum absolute atomic E-state index is 11.4. The lowest BCUT2D eigenvalue weighted by Crippen LogP contribution is -2.41. The molecule has 0 aromatic rings. The van der Waals surface area contributed by atoms with Gasteiger partial charge in [-0.3, -0.25) is 4.79 Å². The molecule has 1 aliphatic carbocycles. The molecule has 0 saturated heterocycles. The highest BCUT2D eigenvalue weighted by atomic mass is 16.5. The van der Waals surface area contributed by atoms with Gasteiger partial charge in [0.05, 0.1) is 0 Å². The quantitative estimate of drug-likeness (QED) is 0.665.